The molecule has 0 amide bonds. The van der Waals surface area contributed by atoms with Crippen LogP contribution in [0.2, 0.25) is 0 Å². The largest absolute Gasteiger partial charge is 0.207 e. The fraction of sp³-hybridized carbons (Fsp3) is 0.333. The number of benzene rings is 3. The van der Waals surface area contributed by atoms with Gasteiger partial charge in [-0.05, 0) is 71.4 Å². The third-order valence-electron chi connectivity index (χ3n) is 6.94. The lowest BCUT2D eigenvalue weighted by Gasteiger charge is -2.28. The summed E-state index contributed by atoms with van der Waals surface area (Å²) in [5.41, 5.74) is 3.69. The minimum Gasteiger partial charge on any atom is -0.207 e. The summed E-state index contributed by atoms with van der Waals surface area (Å²) >= 11 is 0. The number of hydrogen-bond acceptors (Lipinski definition) is 0. The molecule has 3 aromatic carbocycles. The van der Waals surface area contributed by atoms with Crippen molar-refractivity contribution in [2.45, 2.75) is 51.3 Å². The van der Waals surface area contributed by atoms with Crippen LogP contribution < -0.4 is 0 Å². The highest BCUT2D eigenvalue weighted by Gasteiger charge is 2.23. The van der Waals surface area contributed by atoms with E-state index in [9.17, 15) is 13.2 Å². The van der Waals surface area contributed by atoms with Crippen LogP contribution in [0.4, 0.5) is 13.2 Å². The molecule has 1 aliphatic rings. The van der Waals surface area contributed by atoms with Crippen LogP contribution in [0.25, 0.3) is 22.3 Å². The lowest BCUT2D eigenvalue weighted by molar-refractivity contribution is 0.314. The zero-order valence-electron chi connectivity index (χ0n) is 18.2. The van der Waals surface area contributed by atoms with Crippen LogP contribution >= 0.6 is 0 Å². The number of rotatable bonds is 5. The maximum absolute atomic E-state index is 14.9. The molecule has 0 atom stereocenters. The van der Waals surface area contributed by atoms with Gasteiger partial charge in [0.15, 0.2) is 11.6 Å². The van der Waals surface area contributed by atoms with Crippen molar-refractivity contribution in [3.05, 3.63) is 83.2 Å². The summed E-state index contributed by atoms with van der Waals surface area (Å²) in [6, 6.07) is 15.9. The molecule has 1 aliphatic carbocycles. The second kappa shape index (κ2) is 9.34. The molecular formula is C27H28BF3. The zero-order valence-corrected chi connectivity index (χ0v) is 18.2. The molecule has 1 saturated carbocycles. The lowest BCUT2D eigenvalue weighted by Crippen LogP contribution is -2.13. The lowest BCUT2D eigenvalue weighted by atomic mass is 9.77. The van der Waals surface area contributed by atoms with Crippen LogP contribution in [0.15, 0.2) is 54.6 Å². The van der Waals surface area contributed by atoms with E-state index in [1.807, 2.05) is 24.3 Å². The molecule has 0 bridgehead atoms. The van der Waals surface area contributed by atoms with Crippen LogP contribution in [-0.4, -0.2) is 7.85 Å². The van der Waals surface area contributed by atoms with Gasteiger partial charge >= 0.3 is 0 Å². The summed E-state index contributed by atoms with van der Waals surface area (Å²) in [7, 11) is 1.80. The maximum atomic E-state index is 14.9. The first-order chi connectivity index (χ1) is 15.0. The van der Waals surface area contributed by atoms with E-state index in [4.69, 9.17) is 0 Å². The predicted molar refractivity (Wildman–Crippen MR) is 124 cm³/mol. The van der Waals surface area contributed by atoms with Gasteiger partial charge in [-0.15, -0.1) is 0 Å². The van der Waals surface area contributed by atoms with Crippen LogP contribution in [0, 0.1) is 23.4 Å². The predicted octanol–water partition coefficient (Wildman–Crippen LogP) is 7.25. The van der Waals surface area contributed by atoms with Crippen LogP contribution in [0.3, 0.4) is 0 Å². The Bertz CT molecular complexity index is 1050. The van der Waals surface area contributed by atoms with E-state index in [1.54, 1.807) is 38.2 Å². The highest BCUT2D eigenvalue weighted by atomic mass is 19.2. The highest BCUT2D eigenvalue weighted by Crippen LogP contribution is 2.39. The molecule has 4 rings (SSSR count). The molecule has 0 spiro atoms. The van der Waals surface area contributed by atoms with Crippen LogP contribution in [0.1, 0.15) is 56.1 Å². The Kier molecular flexibility index (Phi) is 6.55. The van der Waals surface area contributed by atoms with Crippen molar-refractivity contribution in [3.8, 4) is 22.3 Å². The van der Waals surface area contributed by atoms with E-state index in [0.29, 0.717) is 23.4 Å². The van der Waals surface area contributed by atoms with E-state index in [-0.39, 0.29) is 11.4 Å². The van der Waals surface area contributed by atoms with E-state index >= 15 is 0 Å². The second-order valence-electron chi connectivity index (χ2n) is 8.69. The molecule has 0 nitrogen and oxygen atoms in total. The van der Waals surface area contributed by atoms with E-state index < -0.39 is 11.6 Å². The van der Waals surface area contributed by atoms with Gasteiger partial charge in [-0.3, -0.25) is 0 Å². The van der Waals surface area contributed by atoms with Crippen molar-refractivity contribution < 1.29 is 13.2 Å². The van der Waals surface area contributed by atoms with Crippen molar-refractivity contribution in [1.82, 2.24) is 0 Å². The molecule has 4 heteroatoms. The van der Waals surface area contributed by atoms with Crippen molar-refractivity contribution in [2.24, 2.45) is 5.92 Å². The summed E-state index contributed by atoms with van der Waals surface area (Å²) in [6.07, 6.45) is 6.14. The monoisotopic (exact) mass is 420 g/mol. The molecule has 0 N–H and O–H groups in total. The molecule has 0 saturated heterocycles. The molecule has 0 unspecified atom stereocenters. The topological polar surface area (TPSA) is 0 Å². The SMILES string of the molecule is BCc1ccc(-c2ccc(-c3ccc(C4CCC(CC)CC4)c(F)c3)cc2)c(F)c1F. The molecule has 0 aliphatic heterocycles. The summed E-state index contributed by atoms with van der Waals surface area (Å²) in [4.78, 5) is 0. The van der Waals surface area contributed by atoms with Gasteiger partial charge in [-0.1, -0.05) is 68.2 Å². The summed E-state index contributed by atoms with van der Waals surface area (Å²) in [5, 5.41) is 0. The van der Waals surface area contributed by atoms with Gasteiger partial charge in [0.1, 0.15) is 13.7 Å². The molecule has 1 fully saturated rings. The Balaban J connectivity index is 1.55. The fourth-order valence-electron chi connectivity index (χ4n) is 4.85. The van der Waals surface area contributed by atoms with Crippen molar-refractivity contribution in [3.63, 3.8) is 0 Å². The second-order valence-corrected chi connectivity index (χ2v) is 8.69. The van der Waals surface area contributed by atoms with E-state index in [2.05, 4.69) is 6.92 Å². The van der Waals surface area contributed by atoms with Gasteiger partial charge in [0, 0.05) is 5.56 Å². The number of halogens is 3. The van der Waals surface area contributed by atoms with Gasteiger partial charge in [0.05, 0.1) is 0 Å². The molecule has 31 heavy (non-hydrogen) atoms. The first-order valence-corrected chi connectivity index (χ1v) is 11.4. The Hall–Kier alpha value is -2.49. The molecule has 0 radical (unpaired) electrons. The quantitative estimate of drug-likeness (QED) is 0.381. The van der Waals surface area contributed by atoms with Gasteiger partial charge in [-0.2, -0.15) is 0 Å². The standard InChI is InChI=1S/C27H28BF3/c1-2-17-3-5-19(6-4-17)23-13-11-21(15-25(23)29)18-7-9-20(10-8-18)24-14-12-22(16-28)26(30)27(24)31/h7-15,17,19H,2-6,16,28H2,1H3. The average Bonchev–Trinajstić information content (AvgIpc) is 2.81. The minimum absolute atomic E-state index is 0.148. The smallest absolute Gasteiger partial charge is 0.166 e. The molecule has 3 aromatic rings. The molecule has 0 heterocycles. The zero-order chi connectivity index (χ0) is 22.0. The van der Waals surface area contributed by atoms with Crippen molar-refractivity contribution in [1.29, 1.82) is 0 Å². The Morgan fingerprint density at radius 1 is 0.774 bits per heavy atom. The summed E-state index contributed by atoms with van der Waals surface area (Å²) in [5.74, 6) is -0.656. The van der Waals surface area contributed by atoms with E-state index in [1.165, 1.54) is 19.3 Å². The van der Waals surface area contributed by atoms with Gasteiger partial charge < -0.3 is 0 Å². The van der Waals surface area contributed by atoms with Gasteiger partial charge in [0.25, 0.3) is 0 Å². The molecular weight excluding hydrogens is 392 g/mol. The summed E-state index contributed by atoms with van der Waals surface area (Å²) in [6.45, 7) is 2.23. The minimum atomic E-state index is -0.819. The van der Waals surface area contributed by atoms with Crippen LogP contribution in [-0.2, 0) is 6.32 Å². The average molecular weight is 420 g/mol. The Morgan fingerprint density at radius 2 is 1.42 bits per heavy atom. The maximum Gasteiger partial charge on any atom is 0.166 e. The van der Waals surface area contributed by atoms with Crippen molar-refractivity contribution in [2.75, 3.05) is 0 Å². The fourth-order valence-corrected chi connectivity index (χ4v) is 4.85. The molecule has 0 aromatic heterocycles. The molecule has 160 valence electrons. The number of hydrogen-bond donors (Lipinski definition) is 0. The van der Waals surface area contributed by atoms with Gasteiger partial charge in [0.2, 0.25) is 0 Å². The first kappa shape index (κ1) is 21.7. The van der Waals surface area contributed by atoms with E-state index in [0.717, 1.165) is 35.4 Å². The van der Waals surface area contributed by atoms with Crippen LogP contribution in [0.5, 0.6) is 0 Å². The normalized spacial score (nSPS) is 18.8. The Labute approximate surface area is 183 Å². The third-order valence-corrected chi connectivity index (χ3v) is 6.94. The van der Waals surface area contributed by atoms with Gasteiger partial charge in [-0.25, -0.2) is 13.2 Å². The third kappa shape index (κ3) is 4.44. The summed E-state index contributed by atoms with van der Waals surface area (Å²) < 4.78 is 43.5. The van der Waals surface area contributed by atoms with Crippen molar-refractivity contribution >= 4 is 7.85 Å². The first-order valence-electron chi connectivity index (χ1n) is 11.4. The Morgan fingerprint density at radius 3 is 2.03 bits per heavy atom. The highest BCUT2D eigenvalue weighted by molar-refractivity contribution is 6.08.